The number of para-hydroxylation sites is 2. The molecule has 164 valence electrons. The van der Waals surface area contributed by atoms with E-state index >= 15 is 0 Å². The van der Waals surface area contributed by atoms with Crippen molar-refractivity contribution in [1.29, 1.82) is 5.26 Å². The number of allylic oxidation sites excluding steroid dienone is 2. The maximum absolute atomic E-state index is 9.76. The van der Waals surface area contributed by atoms with Crippen LogP contribution in [-0.2, 0) is 13.0 Å². The fourth-order valence-electron chi connectivity index (χ4n) is 3.53. The van der Waals surface area contributed by atoms with E-state index in [9.17, 15) is 5.26 Å². The van der Waals surface area contributed by atoms with Gasteiger partial charge in [-0.1, -0.05) is 48.0 Å². The van der Waals surface area contributed by atoms with Crippen LogP contribution in [0.4, 0.5) is 0 Å². The van der Waals surface area contributed by atoms with Gasteiger partial charge in [0.05, 0.1) is 7.11 Å². The van der Waals surface area contributed by atoms with E-state index in [1.807, 2.05) is 54.6 Å². The summed E-state index contributed by atoms with van der Waals surface area (Å²) in [4.78, 5) is 4.44. The predicted octanol–water partition coefficient (Wildman–Crippen LogP) is 6.52. The van der Waals surface area contributed by atoms with Crippen LogP contribution in [0.2, 0.25) is 0 Å². The number of hydrogen-bond donors (Lipinski definition) is 0. The number of aromatic nitrogens is 1. The Hall–Kier alpha value is -4.30. The first kappa shape index (κ1) is 21.9. The van der Waals surface area contributed by atoms with Gasteiger partial charge in [0.25, 0.3) is 0 Å². The quantitative estimate of drug-likeness (QED) is 0.232. The van der Waals surface area contributed by atoms with Crippen LogP contribution in [0.25, 0.3) is 22.7 Å². The summed E-state index contributed by atoms with van der Waals surface area (Å²) < 4.78 is 17.6. The number of aryl methyl sites for hydroxylation is 1. The summed E-state index contributed by atoms with van der Waals surface area (Å²) in [5.41, 5.74) is 5.64. The SMILES string of the molecule is C=CCc1cc(/C=C(\C#N)c2nc3ccccc3o2)cc(OC)c1OCc1ccc(C)cc1. The highest BCUT2D eigenvalue weighted by molar-refractivity contribution is 5.89. The maximum Gasteiger partial charge on any atom is 0.238 e. The number of nitriles is 1. The van der Waals surface area contributed by atoms with E-state index in [0.717, 1.165) is 16.7 Å². The van der Waals surface area contributed by atoms with Crippen molar-refractivity contribution in [3.8, 4) is 17.6 Å². The van der Waals surface area contributed by atoms with E-state index in [4.69, 9.17) is 13.9 Å². The number of nitrogens with zero attached hydrogens (tertiary/aromatic N) is 2. The zero-order valence-electron chi connectivity index (χ0n) is 18.7. The van der Waals surface area contributed by atoms with Gasteiger partial charge in [-0.25, -0.2) is 4.98 Å². The average Bonchev–Trinajstić information content (AvgIpc) is 3.27. The second kappa shape index (κ2) is 9.88. The van der Waals surface area contributed by atoms with Crippen LogP contribution in [0.5, 0.6) is 11.5 Å². The second-order valence-electron chi connectivity index (χ2n) is 7.64. The Bertz CT molecular complexity index is 1330. The molecule has 0 atom stereocenters. The lowest BCUT2D eigenvalue weighted by Gasteiger charge is -2.16. The van der Waals surface area contributed by atoms with Gasteiger partial charge in [-0.05, 0) is 54.8 Å². The number of hydrogen-bond acceptors (Lipinski definition) is 5. The highest BCUT2D eigenvalue weighted by Crippen LogP contribution is 2.35. The zero-order valence-corrected chi connectivity index (χ0v) is 18.7. The Kier molecular flexibility index (Phi) is 6.56. The fourth-order valence-corrected chi connectivity index (χ4v) is 3.53. The van der Waals surface area contributed by atoms with Gasteiger partial charge in [0.2, 0.25) is 5.89 Å². The van der Waals surface area contributed by atoms with Gasteiger partial charge in [0, 0.05) is 5.56 Å². The molecule has 0 amide bonds. The van der Waals surface area contributed by atoms with Crippen molar-refractivity contribution >= 4 is 22.7 Å². The third-order valence-corrected chi connectivity index (χ3v) is 5.20. The van der Waals surface area contributed by atoms with Gasteiger partial charge in [-0.3, -0.25) is 0 Å². The molecule has 1 aromatic heterocycles. The van der Waals surface area contributed by atoms with Crippen molar-refractivity contribution in [2.45, 2.75) is 20.0 Å². The molecule has 0 aliphatic carbocycles. The Labute approximate surface area is 193 Å². The standard InChI is InChI=1S/C28H24N2O3/c1-4-7-22-14-21(15-23(17-29)28-30-24-8-5-6-9-25(24)33-28)16-26(31-3)27(22)32-18-20-12-10-19(2)11-13-20/h4-6,8-16H,1,7,18H2,2-3H3/b23-15+. The van der Waals surface area contributed by atoms with E-state index in [2.05, 4.69) is 36.7 Å². The summed E-state index contributed by atoms with van der Waals surface area (Å²) in [5.74, 6) is 1.53. The molecule has 0 aliphatic rings. The van der Waals surface area contributed by atoms with Crippen molar-refractivity contribution in [3.63, 3.8) is 0 Å². The van der Waals surface area contributed by atoms with E-state index in [0.29, 0.717) is 41.2 Å². The number of oxazole rings is 1. The summed E-state index contributed by atoms with van der Waals surface area (Å²) in [6.07, 6.45) is 4.14. The van der Waals surface area contributed by atoms with Crippen molar-refractivity contribution in [2.24, 2.45) is 0 Å². The summed E-state index contributed by atoms with van der Waals surface area (Å²) in [6, 6.07) is 21.6. The van der Waals surface area contributed by atoms with Crippen LogP contribution >= 0.6 is 0 Å². The Morgan fingerprint density at radius 2 is 1.94 bits per heavy atom. The molecule has 0 unspecified atom stereocenters. The summed E-state index contributed by atoms with van der Waals surface area (Å²) in [6.45, 7) is 6.34. The second-order valence-corrected chi connectivity index (χ2v) is 7.64. The minimum absolute atomic E-state index is 0.280. The van der Waals surface area contributed by atoms with E-state index in [-0.39, 0.29) is 5.89 Å². The van der Waals surface area contributed by atoms with Crippen LogP contribution in [0.1, 0.15) is 28.1 Å². The first-order chi connectivity index (χ1) is 16.1. The molecular weight excluding hydrogens is 412 g/mol. The Morgan fingerprint density at radius 1 is 1.15 bits per heavy atom. The maximum atomic E-state index is 9.76. The van der Waals surface area contributed by atoms with Gasteiger partial charge in [-0.2, -0.15) is 5.26 Å². The molecular formula is C28H24N2O3. The molecule has 0 saturated carbocycles. The lowest BCUT2D eigenvalue weighted by Crippen LogP contribution is -2.02. The van der Waals surface area contributed by atoms with E-state index in [1.165, 1.54) is 5.56 Å². The molecule has 0 spiro atoms. The molecule has 1 heterocycles. The van der Waals surface area contributed by atoms with Gasteiger partial charge >= 0.3 is 0 Å². The molecule has 5 heteroatoms. The Morgan fingerprint density at radius 3 is 2.64 bits per heavy atom. The third kappa shape index (κ3) is 4.97. The van der Waals surface area contributed by atoms with Crippen LogP contribution in [0, 0.1) is 18.3 Å². The van der Waals surface area contributed by atoms with Crippen LogP contribution < -0.4 is 9.47 Å². The van der Waals surface area contributed by atoms with Gasteiger partial charge in [0.15, 0.2) is 17.1 Å². The smallest absolute Gasteiger partial charge is 0.238 e. The Balaban J connectivity index is 1.69. The third-order valence-electron chi connectivity index (χ3n) is 5.20. The highest BCUT2D eigenvalue weighted by atomic mass is 16.5. The van der Waals surface area contributed by atoms with E-state index < -0.39 is 0 Å². The number of rotatable bonds is 8. The summed E-state index contributed by atoms with van der Waals surface area (Å²) in [5, 5.41) is 9.76. The molecule has 33 heavy (non-hydrogen) atoms. The number of methoxy groups -OCH3 is 1. The van der Waals surface area contributed by atoms with Crippen LogP contribution in [-0.4, -0.2) is 12.1 Å². The molecule has 0 N–H and O–H groups in total. The molecule has 0 aliphatic heterocycles. The van der Waals surface area contributed by atoms with Gasteiger partial charge in [-0.15, -0.1) is 6.58 Å². The van der Waals surface area contributed by atoms with Crippen molar-refractivity contribution in [3.05, 3.63) is 101 Å². The first-order valence-corrected chi connectivity index (χ1v) is 10.6. The minimum atomic E-state index is 0.280. The molecule has 0 bridgehead atoms. The monoisotopic (exact) mass is 436 g/mol. The molecule has 0 radical (unpaired) electrons. The summed E-state index contributed by atoms with van der Waals surface area (Å²) in [7, 11) is 1.60. The van der Waals surface area contributed by atoms with Crippen molar-refractivity contribution in [2.75, 3.05) is 7.11 Å². The normalized spacial score (nSPS) is 11.2. The summed E-state index contributed by atoms with van der Waals surface area (Å²) >= 11 is 0. The average molecular weight is 437 g/mol. The van der Waals surface area contributed by atoms with Crippen molar-refractivity contribution in [1.82, 2.24) is 4.98 Å². The lowest BCUT2D eigenvalue weighted by atomic mass is 10.0. The largest absolute Gasteiger partial charge is 0.493 e. The van der Waals surface area contributed by atoms with Crippen LogP contribution in [0.15, 0.2) is 77.7 Å². The molecule has 5 nitrogen and oxygen atoms in total. The molecule has 0 fully saturated rings. The van der Waals surface area contributed by atoms with Gasteiger partial charge < -0.3 is 13.9 Å². The van der Waals surface area contributed by atoms with Crippen LogP contribution in [0.3, 0.4) is 0 Å². The predicted molar refractivity (Wildman–Crippen MR) is 130 cm³/mol. The zero-order chi connectivity index (χ0) is 23.2. The fraction of sp³-hybridized carbons (Fsp3) is 0.143. The van der Waals surface area contributed by atoms with Gasteiger partial charge in [0.1, 0.15) is 23.8 Å². The molecule has 4 rings (SSSR count). The minimum Gasteiger partial charge on any atom is -0.493 e. The number of ether oxygens (including phenoxy) is 2. The lowest BCUT2D eigenvalue weighted by molar-refractivity contribution is 0.282. The molecule has 3 aromatic carbocycles. The van der Waals surface area contributed by atoms with E-state index in [1.54, 1.807) is 13.2 Å². The topological polar surface area (TPSA) is 68.3 Å². The van der Waals surface area contributed by atoms with Crippen molar-refractivity contribution < 1.29 is 13.9 Å². The highest BCUT2D eigenvalue weighted by Gasteiger charge is 2.15. The molecule has 0 saturated heterocycles. The number of benzene rings is 3. The number of fused-ring (bicyclic) bond motifs is 1. The molecule has 4 aromatic rings. The first-order valence-electron chi connectivity index (χ1n) is 10.6.